The SMILES string of the molecule is O=C1NC(Cc2ccccc2)(c2ccccc2)C(=O)N1CN1CCCC2CCCCC21. The van der Waals surface area contributed by atoms with Gasteiger partial charge in [-0.25, -0.2) is 9.69 Å². The Morgan fingerprint density at radius 3 is 2.32 bits per heavy atom. The number of carbonyl (C=O) groups is 2. The van der Waals surface area contributed by atoms with E-state index in [0.29, 0.717) is 25.0 Å². The standard InChI is InChI=1S/C26H31N3O2/c30-24-26(22-14-5-2-6-15-22,18-20-10-3-1-4-11-20)27-25(31)29(24)19-28-17-9-13-21-12-7-8-16-23(21)28/h1-6,10-11,14-15,21,23H,7-9,12-13,16-19H2,(H,27,31). The van der Waals surface area contributed by atoms with Crippen LogP contribution in [0, 0.1) is 5.92 Å². The third-order valence-electron chi connectivity index (χ3n) is 7.44. The van der Waals surface area contributed by atoms with Crippen LogP contribution in [0.4, 0.5) is 4.79 Å². The summed E-state index contributed by atoms with van der Waals surface area (Å²) in [4.78, 5) is 30.9. The van der Waals surface area contributed by atoms with Crippen LogP contribution in [0.15, 0.2) is 60.7 Å². The minimum absolute atomic E-state index is 0.134. The molecule has 3 fully saturated rings. The van der Waals surface area contributed by atoms with Crippen molar-refractivity contribution in [1.29, 1.82) is 0 Å². The van der Waals surface area contributed by atoms with Crippen LogP contribution in [0.5, 0.6) is 0 Å². The van der Waals surface area contributed by atoms with E-state index >= 15 is 0 Å². The Kier molecular flexibility index (Phi) is 5.53. The van der Waals surface area contributed by atoms with E-state index in [1.165, 1.54) is 37.0 Å². The van der Waals surface area contributed by atoms with Crippen molar-refractivity contribution in [2.75, 3.05) is 13.2 Å². The van der Waals surface area contributed by atoms with Crippen LogP contribution < -0.4 is 5.32 Å². The number of urea groups is 1. The van der Waals surface area contributed by atoms with Gasteiger partial charge in [-0.1, -0.05) is 73.5 Å². The third kappa shape index (κ3) is 3.76. The molecule has 0 aromatic heterocycles. The van der Waals surface area contributed by atoms with E-state index in [2.05, 4.69) is 10.2 Å². The smallest absolute Gasteiger partial charge is 0.319 e. The van der Waals surface area contributed by atoms with Crippen molar-refractivity contribution in [3.05, 3.63) is 71.8 Å². The molecule has 2 aliphatic heterocycles. The van der Waals surface area contributed by atoms with Gasteiger partial charge in [-0.2, -0.15) is 0 Å². The van der Waals surface area contributed by atoms with Crippen molar-refractivity contribution in [3.8, 4) is 0 Å². The van der Waals surface area contributed by atoms with E-state index in [4.69, 9.17) is 0 Å². The number of hydrogen-bond acceptors (Lipinski definition) is 3. The lowest BCUT2D eigenvalue weighted by Crippen LogP contribution is -2.53. The van der Waals surface area contributed by atoms with Crippen LogP contribution in [0.25, 0.3) is 0 Å². The van der Waals surface area contributed by atoms with Crippen LogP contribution in [0.2, 0.25) is 0 Å². The summed E-state index contributed by atoms with van der Waals surface area (Å²) >= 11 is 0. The second-order valence-corrected chi connectivity index (χ2v) is 9.30. The van der Waals surface area contributed by atoms with Crippen LogP contribution in [0.3, 0.4) is 0 Å². The molecule has 2 aromatic rings. The molecule has 2 aromatic carbocycles. The Morgan fingerprint density at radius 1 is 0.871 bits per heavy atom. The Labute approximate surface area is 184 Å². The number of rotatable bonds is 5. The first-order chi connectivity index (χ1) is 15.2. The van der Waals surface area contributed by atoms with E-state index in [-0.39, 0.29) is 11.9 Å². The molecule has 0 bridgehead atoms. The predicted molar refractivity (Wildman–Crippen MR) is 120 cm³/mol. The van der Waals surface area contributed by atoms with Crippen LogP contribution >= 0.6 is 0 Å². The summed E-state index contributed by atoms with van der Waals surface area (Å²) in [5, 5.41) is 3.10. The number of imide groups is 1. The molecule has 31 heavy (non-hydrogen) atoms. The van der Waals surface area contributed by atoms with E-state index in [0.717, 1.165) is 24.1 Å². The number of hydrogen-bond donors (Lipinski definition) is 1. The number of carbonyl (C=O) groups excluding carboxylic acids is 2. The summed E-state index contributed by atoms with van der Waals surface area (Å²) in [6.45, 7) is 1.37. The summed E-state index contributed by atoms with van der Waals surface area (Å²) in [5.41, 5.74) is 0.822. The quantitative estimate of drug-likeness (QED) is 0.739. The van der Waals surface area contributed by atoms with E-state index in [1.807, 2.05) is 60.7 Å². The Hall–Kier alpha value is -2.66. The first-order valence-electron chi connectivity index (χ1n) is 11.6. The molecule has 1 N–H and O–H groups in total. The molecule has 3 atom stereocenters. The summed E-state index contributed by atoms with van der Waals surface area (Å²) in [6, 6.07) is 19.9. The Bertz CT molecular complexity index is 930. The average Bonchev–Trinajstić information content (AvgIpc) is 3.05. The van der Waals surface area contributed by atoms with E-state index in [1.54, 1.807) is 0 Å². The van der Waals surface area contributed by atoms with Crippen molar-refractivity contribution in [3.63, 3.8) is 0 Å². The van der Waals surface area contributed by atoms with Gasteiger partial charge in [-0.3, -0.25) is 9.69 Å². The predicted octanol–water partition coefficient (Wildman–Crippen LogP) is 4.29. The Balaban J connectivity index is 1.44. The maximum Gasteiger partial charge on any atom is 0.326 e. The fourth-order valence-corrected chi connectivity index (χ4v) is 5.88. The zero-order chi connectivity index (χ0) is 21.3. The molecule has 2 heterocycles. The highest BCUT2D eigenvalue weighted by Gasteiger charge is 2.53. The number of amides is 3. The minimum Gasteiger partial charge on any atom is -0.319 e. The molecule has 0 radical (unpaired) electrons. The number of piperidine rings is 1. The molecule has 5 nitrogen and oxygen atoms in total. The largest absolute Gasteiger partial charge is 0.326 e. The van der Waals surface area contributed by atoms with Gasteiger partial charge in [0.1, 0.15) is 0 Å². The second kappa shape index (κ2) is 8.46. The zero-order valence-electron chi connectivity index (χ0n) is 18.0. The summed E-state index contributed by atoms with van der Waals surface area (Å²) in [6.07, 6.45) is 7.91. The number of fused-ring (bicyclic) bond motifs is 1. The van der Waals surface area contributed by atoms with Crippen LogP contribution in [0.1, 0.15) is 49.7 Å². The molecule has 2 saturated heterocycles. The molecule has 3 aliphatic rings. The molecule has 5 heteroatoms. The fourth-order valence-electron chi connectivity index (χ4n) is 5.88. The van der Waals surface area contributed by atoms with Gasteiger partial charge in [0.25, 0.3) is 5.91 Å². The molecule has 1 aliphatic carbocycles. The van der Waals surface area contributed by atoms with Crippen molar-refractivity contribution in [2.45, 2.75) is 56.5 Å². The summed E-state index contributed by atoms with van der Waals surface area (Å²) in [5.74, 6) is 0.581. The molecule has 3 amide bonds. The lowest BCUT2D eigenvalue weighted by atomic mass is 9.78. The lowest BCUT2D eigenvalue weighted by molar-refractivity contribution is -0.134. The topological polar surface area (TPSA) is 52.7 Å². The van der Waals surface area contributed by atoms with Gasteiger partial charge < -0.3 is 5.32 Å². The minimum atomic E-state index is -1.05. The second-order valence-electron chi connectivity index (χ2n) is 9.30. The molecule has 162 valence electrons. The molecule has 1 saturated carbocycles. The zero-order valence-corrected chi connectivity index (χ0v) is 18.0. The lowest BCUT2D eigenvalue weighted by Gasteiger charge is -2.45. The first-order valence-corrected chi connectivity index (χ1v) is 11.6. The summed E-state index contributed by atoms with van der Waals surface area (Å²) in [7, 11) is 0. The highest BCUT2D eigenvalue weighted by molar-refractivity contribution is 6.07. The van der Waals surface area contributed by atoms with Crippen molar-refractivity contribution in [2.24, 2.45) is 5.92 Å². The van der Waals surface area contributed by atoms with Crippen molar-refractivity contribution in [1.82, 2.24) is 15.1 Å². The fraction of sp³-hybridized carbons (Fsp3) is 0.462. The van der Waals surface area contributed by atoms with Gasteiger partial charge in [0, 0.05) is 19.0 Å². The summed E-state index contributed by atoms with van der Waals surface area (Å²) < 4.78 is 0. The highest BCUT2D eigenvalue weighted by atomic mass is 16.2. The normalized spacial score (nSPS) is 29.0. The number of likely N-dealkylation sites (tertiary alicyclic amines) is 1. The van der Waals surface area contributed by atoms with Gasteiger partial charge in [0.2, 0.25) is 0 Å². The van der Waals surface area contributed by atoms with E-state index in [9.17, 15) is 9.59 Å². The maximum atomic E-state index is 13.9. The molecule has 5 rings (SSSR count). The molecular weight excluding hydrogens is 386 g/mol. The molecular formula is C26H31N3O2. The van der Waals surface area contributed by atoms with Gasteiger partial charge in [0.05, 0.1) is 6.67 Å². The van der Waals surface area contributed by atoms with Crippen molar-refractivity contribution < 1.29 is 9.59 Å². The number of nitrogens with zero attached hydrogens (tertiary/aromatic N) is 2. The average molecular weight is 418 g/mol. The number of nitrogens with one attached hydrogen (secondary N) is 1. The highest BCUT2D eigenvalue weighted by Crippen LogP contribution is 2.37. The van der Waals surface area contributed by atoms with Gasteiger partial charge in [-0.15, -0.1) is 0 Å². The van der Waals surface area contributed by atoms with E-state index < -0.39 is 5.54 Å². The van der Waals surface area contributed by atoms with Gasteiger partial charge in [0.15, 0.2) is 5.54 Å². The number of benzene rings is 2. The van der Waals surface area contributed by atoms with Crippen molar-refractivity contribution >= 4 is 11.9 Å². The molecule has 3 unspecified atom stereocenters. The third-order valence-corrected chi connectivity index (χ3v) is 7.44. The van der Waals surface area contributed by atoms with Crippen LogP contribution in [-0.2, 0) is 16.8 Å². The Morgan fingerprint density at radius 2 is 1.55 bits per heavy atom. The maximum absolute atomic E-state index is 13.9. The van der Waals surface area contributed by atoms with Gasteiger partial charge >= 0.3 is 6.03 Å². The van der Waals surface area contributed by atoms with Crippen LogP contribution in [-0.4, -0.2) is 41.0 Å². The van der Waals surface area contributed by atoms with Gasteiger partial charge in [-0.05, 0) is 42.7 Å². The molecule has 0 spiro atoms. The monoisotopic (exact) mass is 417 g/mol. The first kappa shape index (κ1) is 20.3.